The lowest BCUT2D eigenvalue weighted by Gasteiger charge is -2.10. The van der Waals surface area contributed by atoms with Crippen molar-refractivity contribution >= 4 is 11.6 Å². The minimum atomic E-state index is -0.816. The van der Waals surface area contributed by atoms with Crippen LogP contribution in [0.1, 0.15) is 37.3 Å². The van der Waals surface area contributed by atoms with Crippen LogP contribution in [-0.2, 0) is 6.42 Å². The van der Waals surface area contributed by atoms with Gasteiger partial charge in [0.05, 0.1) is 11.8 Å². The first-order valence-electron chi connectivity index (χ1n) is 6.14. The van der Waals surface area contributed by atoms with E-state index in [2.05, 4.69) is 5.10 Å². The van der Waals surface area contributed by atoms with Gasteiger partial charge in [-0.15, -0.1) is 0 Å². The predicted octanol–water partition coefficient (Wildman–Crippen LogP) is 3.53. The van der Waals surface area contributed by atoms with Crippen molar-refractivity contribution in [3.8, 4) is 0 Å². The molecular formula is C14H16ClFN2O. The van der Waals surface area contributed by atoms with Crippen LogP contribution in [0, 0.1) is 5.82 Å². The fourth-order valence-corrected chi connectivity index (χ4v) is 2.09. The molecule has 0 aliphatic heterocycles. The van der Waals surface area contributed by atoms with Crippen LogP contribution in [0.5, 0.6) is 0 Å². The molecule has 0 spiro atoms. The molecule has 1 heterocycles. The number of halogens is 2. The molecular weight excluding hydrogens is 267 g/mol. The van der Waals surface area contributed by atoms with Gasteiger partial charge in [0.2, 0.25) is 0 Å². The molecule has 2 rings (SSSR count). The molecule has 0 fully saturated rings. The number of nitrogens with zero attached hydrogens (tertiary/aromatic N) is 2. The Balaban J connectivity index is 2.13. The topological polar surface area (TPSA) is 38.0 Å². The number of aliphatic hydroxyl groups excluding tert-OH is 1. The highest BCUT2D eigenvalue weighted by molar-refractivity contribution is 6.30. The summed E-state index contributed by atoms with van der Waals surface area (Å²) in [5.41, 5.74) is 1.23. The number of rotatable bonds is 4. The van der Waals surface area contributed by atoms with E-state index in [0.717, 1.165) is 5.69 Å². The van der Waals surface area contributed by atoms with Crippen LogP contribution in [0.2, 0.25) is 5.02 Å². The summed E-state index contributed by atoms with van der Waals surface area (Å²) in [4.78, 5) is 0. The summed E-state index contributed by atoms with van der Waals surface area (Å²) in [6.07, 6.45) is 1.38. The molecule has 1 aromatic carbocycles. The molecule has 0 bridgehead atoms. The Morgan fingerprint density at radius 3 is 2.68 bits per heavy atom. The zero-order valence-corrected chi connectivity index (χ0v) is 11.6. The summed E-state index contributed by atoms with van der Waals surface area (Å²) in [5, 5.41) is 14.7. The van der Waals surface area contributed by atoms with Crippen LogP contribution in [0.3, 0.4) is 0 Å². The van der Waals surface area contributed by atoms with Crippen molar-refractivity contribution in [1.82, 2.24) is 9.78 Å². The average molecular weight is 283 g/mol. The van der Waals surface area contributed by atoms with Gasteiger partial charge in [-0.1, -0.05) is 11.6 Å². The van der Waals surface area contributed by atoms with Crippen molar-refractivity contribution < 1.29 is 9.50 Å². The summed E-state index contributed by atoms with van der Waals surface area (Å²) < 4.78 is 15.0. The van der Waals surface area contributed by atoms with Gasteiger partial charge in [-0.2, -0.15) is 5.10 Å². The molecule has 2 aromatic rings. The second kappa shape index (κ2) is 5.72. The van der Waals surface area contributed by atoms with Crippen molar-refractivity contribution in [3.05, 3.63) is 52.6 Å². The minimum absolute atomic E-state index is 0.273. The van der Waals surface area contributed by atoms with E-state index >= 15 is 0 Å². The van der Waals surface area contributed by atoms with E-state index in [9.17, 15) is 9.50 Å². The summed E-state index contributed by atoms with van der Waals surface area (Å²) in [7, 11) is 0. The van der Waals surface area contributed by atoms with E-state index in [1.54, 1.807) is 6.07 Å². The summed E-state index contributed by atoms with van der Waals surface area (Å²) in [5.74, 6) is -0.450. The summed E-state index contributed by atoms with van der Waals surface area (Å²) in [6, 6.07) is 6.19. The van der Waals surface area contributed by atoms with Crippen LogP contribution in [0.25, 0.3) is 0 Å². The third kappa shape index (κ3) is 3.55. The molecule has 0 amide bonds. The van der Waals surface area contributed by atoms with Crippen LogP contribution < -0.4 is 0 Å². The van der Waals surface area contributed by atoms with Gasteiger partial charge in [0.1, 0.15) is 5.82 Å². The van der Waals surface area contributed by atoms with Crippen molar-refractivity contribution in [3.63, 3.8) is 0 Å². The molecule has 102 valence electrons. The highest BCUT2D eigenvalue weighted by Crippen LogP contribution is 2.22. The molecule has 5 heteroatoms. The number of benzene rings is 1. The van der Waals surface area contributed by atoms with Crippen LogP contribution >= 0.6 is 11.6 Å². The van der Waals surface area contributed by atoms with E-state index in [4.69, 9.17) is 11.6 Å². The number of aliphatic hydroxyl groups is 1. The van der Waals surface area contributed by atoms with E-state index < -0.39 is 11.9 Å². The fraction of sp³-hybridized carbons (Fsp3) is 0.357. The minimum Gasteiger partial charge on any atom is -0.388 e. The zero-order valence-electron chi connectivity index (χ0n) is 10.8. The Hall–Kier alpha value is -1.39. The smallest absolute Gasteiger partial charge is 0.125 e. The zero-order chi connectivity index (χ0) is 14.0. The lowest BCUT2D eigenvalue weighted by molar-refractivity contribution is 0.176. The first-order chi connectivity index (χ1) is 8.95. The molecule has 0 aliphatic carbocycles. The predicted molar refractivity (Wildman–Crippen MR) is 72.7 cm³/mol. The maximum Gasteiger partial charge on any atom is 0.125 e. The molecule has 3 nitrogen and oxygen atoms in total. The summed E-state index contributed by atoms with van der Waals surface area (Å²) >= 11 is 5.77. The Kier molecular flexibility index (Phi) is 4.22. The Morgan fingerprint density at radius 1 is 1.37 bits per heavy atom. The molecule has 0 radical (unpaired) electrons. The lowest BCUT2D eigenvalue weighted by atomic mass is 10.1. The molecule has 0 saturated heterocycles. The van der Waals surface area contributed by atoms with Crippen LogP contribution in [0.15, 0.2) is 30.5 Å². The maximum absolute atomic E-state index is 13.2. The van der Waals surface area contributed by atoms with Gasteiger partial charge in [-0.05, 0) is 43.7 Å². The van der Waals surface area contributed by atoms with Crippen molar-refractivity contribution in [2.24, 2.45) is 0 Å². The van der Waals surface area contributed by atoms with E-state index in [0.29, 0.717) is 12.0 Å². The van der Waals surface area contributed by atoms with E-state index in [1.807, 2.05) is 30.8 Å². The fourth-order valence-electron chi connectivity index (χ4n) is 1.86. The molecule has 1 unspecified atom stereocenters. The maximum atomic E-state index is 13.2. The summed E-state index contributed by atoms with van der Waals surface area (Å²) in [6.45, 7) is 4.05. The standard InChI is InChI=1S/C14H16ClFN2O/c1-9(2)18-4-3-13(17-18)8-14(19)10-5-11(15)7-12(16)6-10/h3-7,9,14,19H,8H2,1-2H3. The molecule has 1 aromatic heterocycles. The Labute approximate surface area is 116 Å². The second-order valence-corrected chi connectivity index (χ2v) is 5.24. The highest BCUT2D eigenvalue weighted by atomic mass is 35.5. The van der Waals surface area contributed by atoms with Gasteiger partial charge in [0, 0.05) is 23.7 Å². The van der Waals surface area contributed by atoms with E-state index in [1.165, 1.54) is 12.1 Å². The van der Waals surface area contributed by atoms with Gasteiger partial charge in [-0.25, -0.2) is 4.39 Å². The van der Waals surface area contributed by atoms with Gasteiger partial charge < -0.3 is 5.11 Å². The largest absolute Gasteiger partial charge is 0.388 e. The van der Waals surface area contributed by atoms with Gasteiger partial charge >= 0.3 is 0 Å². The van der Waals surface area contributed by atoms with Crippen LogP contribution in [0.4, 0.5) is 4.39 Å². The monoisotopic (exact) mass is 282 g/mol. The molecule has 1 N–H and O–H groups in total. The third-order valence-electron chi connectivity index (χ3n) is 2.86. The Morgan fingerprint density at radius 2 is 2.11 bits per heavy atom. The van der Waals surface area contributed by atoms with Gasteiger partial charge in [-0.3, -0.25) is 4.68 Å². The Bertz CT molecular complexity index is 548. The number of hydrogen-bond donors (Lipinski definition) is 1. The SMILES string of the molecule is CC(C)n1ccc(CC(O)c2cc(F)cc(Cl)c2)n1. The average Bonchev–Trinajstić information content (AvgIpc) is 2.76. The highest BCUT2D eigenvalue weighted by Gasteiger charge is 2.13. The van der Waals surface area contributed by atoms with Gasteiger partial charge in [0.25, 0.3) is 0 Å². The van der Waals surface area contributed by atoms with E-state index in [-0.39, 0.29) is 11.1 Å². The molecule has 1 atom stereocenters. The number of hydrogen-bond acceptors (Lipinski definition) is 2. The first kappa shape index (κ1) is 14.0. The first-order valence-corrected chi connectivity index (χ1v) is 6.51. The molecule has 19 heavy (non-hydrogen) atoms. The van der Waals surface area contributed by atoms with Gasteiger partial charge in [0.15, 0.2) is 0 Å². The van der Waals surface area contributed by atoms with Crippen LogP contribution in [-0.4, -0.2) is 14.9 Å². The molecule has 0 saturated carbocycles. The lowest BCUT2D eigenvalue weighted by Crippen LogP contribution is -2.05. The molecule has 0 aliphatic rings. The van der Waals surface area contributed by atoms with Crippen molar-refractivity contribution in [2.45, 2.75) is 32.4 Å². The van der Waals surface area contributed by atoms with Crippen molar-refractivity contribution in [1.29, 1.82) is 0 Å². The third-order valence-corrected chi connectivity index (χ3v) is 3.08. The normalized spacial score (nSPS) is 12.9. The second-order valence-electron chi connectivity index (χ2n) is 4.80. The number of aromatic nitrogens is 2. The quantitative estimate of drug-likeness (QED) is 0.931. The van der Waals surface area contributed by atoms with Crippen molar-refractivity contribution in [2.75, 3.05) is 0 Å².